The van der Waals surface area contributed by atoms with Crippen LogP contribution in [-0.4, -0.2) is 55.9 Å². The highest BCUT2D eigenvalue weighted by Crippen LogP contribution is 2.19. The number of sulfonamides is 1. The SMILES string of the molecule is COc1ccc(S(=O)(=O)NC[C@@H]2CCCN(C(=O)c3cnc(C)cn3)C2)cc1. The lowest BCUT2D eigenvalue weighted by Gasteiger charge is -2.32. The highest BCUT2D eigenvalue weighted by molar-refractivity contribution is 7.89. The molecule has 2 aromatic rings. The van der Waals surface area contributed by atoms with Gasteiger partial charge in [0.05, 0.1) is 23.9 Å². The van der Waals surface area contributed by atoms with E-state index in [4.69, 9.17) is 4.74 Å². The normalized spacial score (nSPS) is 17.4. The summed E-state index contributed by atoms with van der Waals surface area (Å²) in [4.78, 5) is 22.8. The number of hydrogen-bond donors (Lipinski definition) is 1. The van der Waals surface area contributed by atoms with Crippen LogP contribution in [0.1, 0.15) is 29.0 Å². The van der Waals surface area contributed by atoms with E-state index < -0.39 is 10.0 Å². The summed E-state index contributed by atoms with van der Waals surface area (Å²) in [5.41, 5.74) is 1.06. The minimum absolute atomic E-state index is 0.0455. The molecule has 8 nitrogen and oxygen atoms in total. The molecule has 28 heavy (non-hydrogen) atoms. The number of benzene rings is 1. The molecular weight excluding hydrogens is 380 g/mol. The van der Waals surface area contributed by atoms with Gasteiger partial charge in [0.2, 0.25) is 10.0 Å². The number of nitrogens with one attached hydrogen (secondary N) is 1. The second-order valence-corrected chi connectivity index (χ2v) is 8.60. The van der Waals surface area contributed by atoms with E-state index in [-0.39, 0.29) is 23.3 Å². The molecule has 1 aromatic carbocycles. The van der Waals surface area contributed by atoms with E-state index in [1.807, 2.05) is 6.92 Å². The Balaban J connectivity index is 1.59. The number of aromatic nitrogens is 2. The summed E-state index contributed by atoms with van der Waals surface area (Å²) in [6.07, 6.45) is 4.72. The van der Waals surface area contributed by atoms with Gasteiger partial charge in [-0.3, -0.25) is 9.78 Å². The largest absolute Gasteiger partial charge is 0.497 e. The molecule has 1 atom stereocenters. The van der Waals surface area contributed by atoms with Gasteiger partial charge in [-0.1, -0.05) is 0 Å². The lowest BCUT2D eigenvalue weighted by atomic mass is 9.98. The fourth-order valence-electron chi connectivity index (χ4n) is 3.15. The van der Waals surface area contributed by atoms with Gasteiger partial charge in [-0.05, 0) is 49.9 Å². The third kappa shape index (κ3) is 4.85. The Bertz CT molecular complexity index is 914. The average Bonchev–Trinajstić information content (AvgIpc) is 2.72. The zero-order valence-corrected chi connectivity index (χ0v) is 16.8. The van der Waals surface area contributed by atoms with Crippen LogP contribution in [0.15, 0.2) is 41.6 Å². The molecule has 0 bridgehead atoms. The number of hydrogen-bond acceptors (Lipinski definition) is 6. The minimum Gasteiger partial charge on any atom is -0.497 e. The summed E-state index contributed by atoms with van der Waals surface area (Å²) in [6, 6.07) is 6.23. The van der Waals surface area contributed by atoms with E-state index in [9.17, 15) is 13.2 Å². The summed E-state index contributed by atoms with van der Waals surface area (Å²) < 4.78 is 32.7. The number of aryl methyl sites for hydroxylation is 1. The first-order valence-electron chi connectivity index (χ1n) is 9.10. The molecule has 1 amide bonds. The molecule has 1 aliphatic heterocycles. The Morgan fingerprint density at radius 1 is 1.25 bits per heavy atom. The molecule has 1 fully saturated rings. The van der Waals surface area contributed by atoms with Gasteiger partial charge in [-0.15, -0.1) is 0 Å². The Morgan fingerprint density at radius 3 is 2.64 bits per heavy atom. The molecule has 2 heterocycles. The number of piperidine rings is 1. The molecule has 1 aliphatic rings. The third-order valence-electron chi connectivity index (χ3n) is 4.74. The quantitative estimate of drug-likeness (QED) is 0.785. The maximum Gasteiger partial charge on any atom is 0.274 e. The molecule has 3 rings (SSSR count). The topological polar surface area (TPSA) is 101 Å². The van der Waals surface area contributed by atoms with Crippen molar-refractivity contribution in [2.24, 2.45) is 5.92 Å². The third-order valence-corrected chi connectivity index (χ3v) is 6.18. The second kappa shape index (κ2) is 8.66. The summed E-state index contributed by atoms with van der Waals surface area (Å²) in [5.74, 6) is 0.471. The number of methoxy groups -OCH3 is 1. The van der Waals surface area contributed by atoms with Crippen LogP contribution in [0.5, 0.6) is 5.75 Å². The molecule has 0 spiro atoms. The molecule has 9 heteroatoms. The zero-order chi connectivity index (χ0) is 20.1. The predicted octanol–water partition coefficient (Wildman–Crippen LogP) is 1.62. The van der Waals surface area contributed by atoms with Crippen LogP contribution in [0.4, 0.5) is 0 Å². The highest BCUT2D eigenvalue weighted by Gasteiger charge is 2.26. The molecule has 150 valence electrons. The Hall–Kier alpha value is -2.52. The fraction of sp³-hybridized carbons (Fsp3) is 0.421. The predicted molar refractivity (Wildman–Crippen MR) is 104 cm³/mol. The van der Waals surface area contributed by atoms with Gasteiger partial charge in [-0.2, -0.15) is 0 Å². The first-order valence-corrected chi connectivity index (χ1v) is 10.6. The average molecular weight is 404 g/mol. The fourth-order valence-corrected chi connectivity index (χ4v) is 4.26. The highest BCUT2D eigenvalue weighted by atomic mass is 32.2. The van der Waals surface area contributed by atoms with E-state index >= 15 is 0 Å². The number of rotatable bonds is 6. The second-order valence-electron chi connectivity index (χ2n) is 6.83. The van der Waals surface area contributed by atoms with Crippen molar-refractivity contribution in [2.75, 3.05) is 26.7 Å². The molecule has 1 saturated heterocycles. The van der Waals surface area contributed by atoms with Gasteiger partial charge in [0.15, 0.2) is 0 Å². The smallest absolute Gasteiger partial charge is 0.274 e. The van der Waals surface area contributed by atoms with Crippen molar-refractivity contribution in [1.29, 1.82) is 0 Å². The lowest BCUT2D eigenvalue weighted by molar-refractivity contribution is 0.0670. The molecular formula is C19H24N4O4S. The van der Waals surface area contributed by atoms with Gasteiger partial charge < -0.3 is 9.64 Å². The number of nitrogens with zero attached hydrogens (tertiary/aromatic N) is 3. The molecule has 0 aliphatic carbocycles. The molecule has 0 radical (unpaired) electrons. The molecule has 1 aromatic heterocycles. The maximum absolute atomic E-state index is 12.6. The van der Waals surface area contributed by atoms with Crippen LogP contribution in [0, 0.1) is 12.8 Å². The number of carbonyl (C=O) groups is 1. The van der Waals surface area contributed by atoms with Crippen molar-refractivity contribution >= 4 is 15.9 Å². The van der Waals surface area contributed by atoms with Gasteiger partial charge in [0.25, 0.3) is 5.91 Å². The van der Waals surface area contributed by atoms with Crippen LogP contribution < -0.4 is 9.46 Å². The van der Waals surface area contributed by atoms with Crippen molar-refractivity contribution in [2.45, 2.75) is 24.7 Å². The summed E-state index contributed by atoms with van der Waals surface area (Å²) >= 11 is 0. The maximum atomic E-state index is 12.6. The number of carbonyl (C=O) groups excluding carboxylic acids is 1. The van der Waals surface area contributed by atoms with E-state index in [0.717, 1.165) is 18.5 Å². The van der Waals surface area contributed by atoms with E-state index in [0.29, 0.717) is 24.5 Å². The Labute approximate surface area is 165 Å². The number of likely N-dealkylation sites (tertiary alicyclic amines) is 1. The van der Waals surface area contributed by atoms with Crippen LogP contribution in [0.25, 0.3) is 0 Å². The van der Waals surface area contributed by atoms with Crippen LogP contribution in [0.3, 0.4) is 0 Å². The van der Waals surface area contributed by atoms with Crippen LogP contribution in [-0.2, 0) is 10.0 Å². The molecule has 1 N–H and O–H groups in total. The van der Waals surface area contributed by atoms with Crippen molar-refractivity contribution < 1.29 is 17.9 Å². The summed E-state index contributed by atoms with van der Waals surface area (Å²) in [6.45, 7) is 3.21. The Kier molecular flexibility index (Phi) is 6.25. The van der Waals surface area contributed by atoms with Crippen molar-refractivity contribution in [3.05, 3.63) is 48.0 Å². The van der Waals surface area contributed by atoms with Crippen molar-refractivity contribution in [1.82, 2.24) is 19.6 Å². The number of amides is 1. The number of ether oxygens (including phenoxy) is 1. The van der Waals surface area contributed by atoms with Crippen LogP contribution in [0.2, 0.25) is 0 Å². The molecule has 0 unspecified atom stereocenters. The van der Waals surface area contributed by atoms with E-state index in [1.165, 1.54) is 25.4 Å². The summed E-state index contributed by atoms with van der Waals surface area (Å²) in [7, 11) is -2.08. The van der Waals surface area contributed by atoms with Crippen molar-refractivity contribution in [3.63, 3.8) is 0 Å². The monoisotopic (exact) mass is 404 g/mol. The minimum atomic E-state index is -3.61. The van der Waals surface area contributed by atoms with Gasteiger partial charge >= 0.3 is 0 Å². The van der Waals surface area contributed by atoms with Crippen LogP contribution >= 0.6 is 0 Å². The molecule has 0 saturated carbocycles. The lowest BCUT2D eigenvalue weighted by Crippen LogP contribution is -2.44. The standard InChI is InChI=1S/C19H24N4O4S/c1-14-10-21-18(12-20-14)19(24)23-9-3-4-15(13-23)11-22-28(25,26)17-7-5-16(27-2)6-8-17/h5-8,10,12,15,22H,3-4,9,11,13H2,1-2H3/t15-/m0/s1. The van der Waals surface area contributed by atoms with Gasteiger partial charge in [0.1, 0.15) is 11.4 Å². The van der Waals surface area contributed by atoms with E-state index in [1.54, 1.807) is 23.2 Å². The van der Waals surface area contributed by atoms with Crippen molar-refractivity contribution in [3.8, 4) is 5.75 Å². The zero-order valence-electron chi connectivity index (χ0n) is 16.0. The van der Waals surface area contributed by atoms with E-state index in [2.05, 4.69) is 14.7 Å². The first-order chi connectivity index (χ1) is 13.4. The first kappa shape index (κ1) is 20.2. The van der Waals surface area contributed by atoms with Gasteiger partial charge in [-0.25, -0.2) is 18.1 Å². The Morgan fingerprint density at radius 2 is 2.00 bits per heavy atom. The van der Waals surface area contributed by atoms with Gasteiger partial charge in [0, 0.05) is 25.8 Å². The summed E-state index contributed by atoms with van der Waals surface area (Å²) in [5, 5.41) is 0.